The molecule has 0 spiro atoms. The number of carbonyl (C=O) groups is 1. The molecule has 25 heavy (non-hydrogen) atoms. The average molecular weight is 360 g/mol. The molecule has 0 bridgehead atoms. The van der Waals surface area contributed by atoms with Gasteiger partial charge in [0.1, 0.15) is 0 Å². The molecule has 7 nitrogen and oxygen atoms in total. The fraction of sp³-hybridized carbons (Fsp3) is 0.941. The third-order valence-corrected chi connectivity index (χ3v) is 4.52. The van der Waals surface area contributed by atoms with Crippen molar-refractivity contribution in [2.24, 2.45) is 0 Å². The van der Waals surface area contributed by atoms with Gasteiger partial charge in [0, 0.05) is 12.8 Å². The van der Waals surface area contributed by atoms with Gasteiger partial charge in [0.25, 0.3) is 0 Å². The molecule has 8 heteroatoms. The molecule has 0 aromatic rings. The fourth-order valence-corrected chi connectivity index (χ4v) is 2.97. The van der Waals surface area contributed by atoms with E-state index >= 15 is 0 Å². The van der Waals surface area contributed by atoms with Crippen LogP contribution in [0.3, 0.4) is 0 Å². The lowest BCUT2D eigenvalue weighted by Gasteiger charge is -2.45. The molecular weight excluding hydrogens is 327 g/mol. The Morgan fingerprint density at radius 2 is 1.68 bits per heavy atom. The number of esters is 1. The molecule has 0 saturated carbocycles. The van der Waals surface area contributed by atoms with Gasteiger partial charge in [0.15, 0.2) is 6.10 Å². The van der Waals surface area contributed by atoms with Gasteiger partial charge in [0.05, 0.1) is 13.2 Å². The Morgan fingerprint density at radius 3 is 2.12 bits per heavy atom. The standard InChI is InChI=1S/C17H33BO7/c1-2-3-4-5-6-7-8-9-10-11-16(20)24-15(14-19)17(12-13-23-17)25-18(21)22/h15,19,21-22H,2-14H2,1H3. The van der Waals surface area contributed by atoms with Crippen LogP contribution in [0.15, 0.2) is 0 Å². The maximum atomic E-state index is 11.9. The normalized spacial score (nSPS) is 20.8. The molecule has 1 aliphatic rings. The molecule has 1 saturated heterocycles. The highest BCUT2D eigenvalue weighted by atomic mass is 16.8. The van der Waals surface area contributed by atoms with E-state index in [1.807, 2.05) is 0 Å². The highest BCUT2D eigenvalue weighted by Gasteiger charge is 2.51. The van der Waals surface area contributed by atoms with Crippen LogP contribution in [0, 0.1) is 0 Å². The molecule has 0 aromatic carbocycles. The molecule has 146 valence electrons. The van der Waals surface area contributed by atoms with Crippen LogP contribution in [0.1, 0.15) is 77.6 Å². The van der Waals surface area contributed by atoms with Gasteiger partial charge in [-0.3, -0.25) is 4.79 Å². The van der Waals surface area contributed by atoms with Crippen molar-refractivity contribution >= 4 is 13.3 Å². The van der Waals surface area contributed by atoms with Crippen molar-refractivity contribution in [3.8, 4) is 0 Å². The summed E-state index contributed by atoms with van der Waals surface area (Å²) in [4.78, 5) is 11.9. The van der Waals surface area contributed by atoms with Crippen molar-refractivity contribution in [3.05, 3.63) is 0 Å². The first kappa shape index (κ1) is 22.4. The largest absolute Gasteiger partial charge is 0.636 e. The molecule has 1 fully saturated rings. The van der Waals surface area contributed by atoms with E-state index < -0.39 is 31.8 Å². The van der Waals surface area contributed by atoms with Crippen molar-refractivity contribution in [1.29, 1.82) is 0 Å². The minimum atomic E-state index is -2.05. The van der Waals surface area contributed by atoms with E-state index in [1.54, 1.807) is 0 Å². The summed E-state index contributed by atoms with van der Waals surface area (Å²) in [7, 11) is -2.05. The summed E-state index contributed by atoms with van der Waals surface area (Å²) < 4.78 is 15.3. The van der Waals surface area contributed by atoms with Crippen molar-refractivity contribution in [3.63, 3.8) is 0 Å². The van der Waals surface area contributed by atoms with Gasteiger partial charge in [-0.15, -0.1) is 0 Å². The summed E-state index contributed by atoms with van der Waals surface area (Å²) in [5.74, 6) is -1.90. The second kappa shape index (κ2) is 12.6. The minimum Gasteiger partial charge on any atom is -0.454 e. The second-order valence-electron chi connectivity index (χ2n) is 6.59. The van der Waals surface area contributed by atoms with Gasteiger partial charge in [-0.25, -0.2) is 0 Å². The van der Waals surface area contributed by atoms with Crippen LogP contribution in [0.25, 0.3) is 0 Å². The summed E-state index contributed by atoms with van der Waals surface area (Å²) >= 11 is 0. The summed E-state index contributed by atoms with van der Waals surface area (Å²) in [6.07, 6.45) is 9.94. The van der Waals surface area contributed by atoms with Crippen LogP contribution in [0.4, 0.5) is 0 Å². The minimum absolute atomic E-state index is 0.268. The topological polar surface area (TPSA) is 105 Å². The zero-order valence-corrected chi connectivity index (χ0v) is 15.3. The Bertz CT molecular complexity index is 361. The predicted octanol–water partition coefficient (Wildman–Crippen LogP) is 1.91. The third kappa shape index (κ3) is 8.51. The van der Waals surface area contributed by atoms with E-state index in [2.05, 4.69) is 6.92 Å². The van der Waals surface area contributed by atoms with Crippen LogP contribution in [-0.2, 0) is 18.9 Å². The first-order valence-corrected chi connectivity index (χ1v) is 9.52. The van der Waals surface area contributed by atoms with Crippen LogP contribution >= 0.6 is 0 Å². The van der Waals surface area contributed by atoms with Crippen LogP contribution < -0.4 is 0 Å². The number of hydrogen-bond acceptors (Lipinski definition) is 7. The number of hydrogen-bond donors (Lipinski definition) is 3. The van der Waals surface area contributed by atoms with Gasteiger partial charge < -0.3 is 29.3 Å². The van der Waals surface area contributed by atoms with Crippen LogP contribution in [0.5, 0.6) is 0 Å². The number of rotatable bonds is 15. The Morgan fingerprint density at radius 1 is 1.12 bits per heavy atom. The van der Waals surface area contributed by atoms with Crippen molar-refractivity contribution < 1.29 is 34.1 Å². The Labute approximate surface area is 150 Å². The van der Waals surface area contributed by atoms with E-state index in [-0.39, 0.29) is 6.42 Å². The maximum Gasteiger partial charge on any atom is 0.636 e. The zero-order chi connectivity index (χ0) is 18.5. The van der Waals surface area contributed by atoms with Gasteiger partial charge in [-0.05, 0) is 6.42 Å². The summed E-state index contributed by atoms with van der Waals surface area (Å²) in [6, 6.07) is 0. The number of carbonyl (C=O) groups excluding carboxylic acids is 1. The lowest BCUT2D eigenvalue weighted by Crippen LogP contribution is -2.60. The molecule has 1 aliphatic heterocycles. The average Bonchev–Trinajstić information content (AvgIpc) is 2.54. The lowest BCUT2D eigenvalue weighted by atomic mass is 9.99. The number of ether oxygens (including phenoxy) is 2. The van der Waals surface area contributed by atoms with Crippen molar-refractivity contribution in [2.75, 3.05) is 13.2 Å². The van der Waals surface area contributed by atoms with E-state index in [1.165, 1.54) is 38.5 Å². The molecule has 0 amide bonds. The maximum absolute atomic E-state index is 11.9. The molecule has 2 unspecified atom stereocenters. The van der Waals surface area contributed by atoms with Gasteiger partial charge in [-0.2, -0.15) is 0 Å². The molecular formula is C17H33BO7. The van der Waals surface area contributed by atoms with E-state index in [9.17, 15) is 9.90 Å². The SMILES string of the molecule is CCCCCCCCCCCC(=O)OC(CO)C1(OB(O)O)CCO1. The Kier molecular flexibility index (Phi) is 11.3. The smallest absolute Gasteiger partial charge is 0.454 e. The van der Waals surface area contributed by atoms with Crippen molar-refractivity contribution in [1.82, 2.24) is 0 Å². The van der Waals surface area contributed by atoms with Crippen LogP contribution in [0.2, 0.25) is 0 Å². The number of aliphatic hydroxyl groups is 1. The van der Waals surface area contributed by atoms with E-state index in [0.29, 0.717) is 13.0 Å². The molecule has 1 heterocycles. The van der Waals surface area contributed by atoms with Gasteiger partial charge in [-0.1, -0.05) is 58.3 Å². The second-order valence-corrected chi connectivity index (χ2v) is 6.59. The molecule has 3 N–H and O–H groups in total. The summed E-state index contributed by atoms with van der Waals surface area (Å²) in [6.45, 7) is 2.05. The molecule has 0 aromatic heterocycles. The Balaban J connectivity index is 2.15. The first-order valence-electron chi connectivity index (χ1n) is 9.52. The van der Waals surface area contributed by atoms with E-state index in [0.717, 1.165) is 19.3 Å². The zero-order valence-electron chi connectivity index (χ0n) is 15.3. The Hall–Kier alpha value is -0.665. The monoisotopic (exact) mass is 360 g/mol. The highest BCUT2D eigenvalue weighted by molar-refractivity contribution is 6.32. The lowest BCUT2D eigenvalue weighted by molar-refractivity contribution is -0.324. The van der Waals surface area contributed by atoms with E-state index in [4.69, 9.17) is 24.2 Å². The third-order valence-electron chi connectivity index (χ3n) is 4.52. The molecule has 2 atom stereocenters. The molecule has 0 aliphatic carbocycles. The predicted molar refractivity (Wildman–Crippen MR) is 93.4 cm³/mol. The summed E-state index contributed by atoms with van der Waals surface area (Å²) in [5, 5.41) is 27.3. The number of aliphatic hydroxyl groups excluding tert-OH is 1. The van der Waals surface area contributed by atoms with Gasteiger partial charge in [0.2, 0.25) is 5.79 Å². The highest BCUT2D eigenvalue weighted by Crippen LogP contribution is 2.33. The van der Waals surface area contributed by atoms with Gasteiger partial charge >= 0.3 is 13.3 Å². The quantitative estimate of drug-likeness (QED) is 0.233. The van der Waals surface area contributed by atoms with Crippen molar-refractivity contribution in [2.45, 2.75) is 89.4 Å². The van der Waals surface area contributed by atoms with Crippen LogP contribution in [-0.4, -0.2) is 53.5 Å². The number of unbranched alkanes of at least 4 members (excludes halogenated alkanes) is 8. The molecule has 1 rings (SSSR count). The fourth-order valence-electron chi connectivity index (χ4n) is 2.97. The first-order chi connectivity index (χ1) is 12.0. The summed E-state index contributed by atoms with van der Waals surface area (Å²) in [5.41, 5.74) is 0. The molecule has 0 radical (unpaired) electrons.